The molecule has 1 saturated carbocycles. The number of aryl methyl sites for hydroxylation is 1. The lowest BCUT2D eigenvalue weighted by atomic mass is 9.84. The van der Waals surface area contributed by atoms with Gasteiger partial charge in [0.2, 0.25) is 5.91 Å². The molecule has 0 unspecified atom stereocenters. The van der Waals surface area contributed by atoms with E-state index in [9.17, 15) is 24.3 Å². The number of nitrogens with one attached hydrogen (secondary N) is 1. The summed E-state index contributed by atoms with van der Waals surface area (Å²) in [6, 6.07) is 17.0. The van der Waals surface area contributed by atoms with Crippen LogP contribution in [-0.2, 0) is 48.0 Å². The normalized spacial score (nSPS) is 20.7. The van der Waals surface area contributed by atoms with E-state index in [4.69, 9.17) is 9.47 Å². The van der Waals surface area contributed by atoms with Crippen molar-refractivity contribution in [2.75, 3.05) is 46.9 Å². The third-order valence-electron chi connectivity index (χ3n) is 13.9. The fraction of sp³-hybridized carbons (Fsp3) is 0.528. The van der Waals surface area contributed by atoms with Crippen LogP contribution in [0.5, 0.6) is 0 Å². The smallest absolute Gasteiger partial charge is 0.324 e. The summed E-state index contributed by atoms with van der Waals surface area (Å²) in [5.74, 6) is 4.72. The number of amides is 3. The van der Waals surface area contributed by atoms with E-state index in [1.807, 2.05) is 57.1 Å². The molecular formula is C53H67N7O7. The van der Waals surface area contributed by atoms with E-state index in [-0.39, 0.29) is 55.9 Å². The van der Waals surface area contributed by atoms with Gasteiger partial charge < -0.3 is 28.9 Å². The molecule has 356 valence electrons. The second-order valence-corrected chi connectivity index (χ2v) is 20.3. The molecule has 4 aliphatic rings. The van der Waals surface area contributed by atoms with E-state index in [1.165, 1.54) is 5.01 Å². The first kappa shape index (κ1) is 47.9. The van der Waals surface area contributed by atoms with E-state index in [1.54, 1.807) is 22.9 Å². The maximum atomic E-state index is 14.9. The summed E-state index contributed by atoms with van der Waals surface area (Å²) in [6.07, 6.45) is 4.32. The van der Waals surface area contributed by atoms with Crippen molar-refractivity contribution in [1.82, 2.24) is 34.7 Å². The first-order valence-corrected chi connectivity index (χ1v) is 24.0. The molecule has 3 fully saturated rings. The van der Waals surface area contributed by atoms with Crippen molar-refractivity contribution in [3.05, 3.63) is 77.6 Å². The Morgan fingerprint density at radius 3 is 2.54 bits per heavy atom. The van der Waals surface area contributed by atoms with Gasteiger partial charge in [-0.2, -0.15) is 0 Å². The molecule has 14 heteroatoms. The van der Waals surface area contributed by atoms with Crippen molar-refractivity contribution >= 4 is 34.6 Å². The zero-order valence-corrected chi connectivity index (χ0v) is 40.4. The minimum absolute atomic E-state index is 0.0826. The number of nitrogens with zero attached hydrogens (tertiary/aromatic N) is 6. The van der Waals surface area contributed by atoms with Gasteiger partial charge in [-0.1, -0.05) is 50.1 Å². The van der Waals surface area contributed by atoms with Gasteiger partial charge in [-0.25, -0.2) is 5.43 Å². The minimum Gasteiger partial charge on any atom is -0.464 e. The lowest BCUT2D eigenvalue weighted by molar-refractivity contribution is -0.158. The van der Waals surface area contributed by atoms with Crippen LogP contribution < -0.4 is 5.43 Å². The van der Waals surface area contributed by atoms with Gasteiger partial charge in [0.1, 0.15) is 12.1 Å². The number of pyridine rings is 1. The number of hydrazine groups is 1. The lowest BCUT2D eigenvalue weighted by Crippen LogP contribution is -2.61. The second-order valence-electron chi connectivity index (χ2n) is 20.3. The monoisotopic (exact) mass is 914 g/mol. The first-order valence-electron chi connectivity index (χ1n) is 24.0. The SMILES string of the molecule is CCn1c(-c2cccnc2[C@H](C)O)c2c3cc(ccc31)-c1cccc(c1)C[C@H](N(C(=O)CCOC1CN(C(=O)C#CC(C)(C)N(C)C)C1)C1CC1)C(=O)N1CCC[C@H](N1)C(=O)OCC(C)(C)C2. The Morgan fingerprint density at radius 1 is 1.06 bits per heavy atom. The highest BCUT2D eigenvalue weighted by atomic mass is 16.5. The van der Waals surface area contributed by atoms with E-state index < -0.39 is 35.1 Å². The van der Waals surface area contributed by atoms with Crippen LogP contribution in [0.2, 0.25) is 0 Å². The van der Waals surface area contributed by atoms with Crippen LogP contribution in [0.1, 0.15) is 96.6 Å². The average molecular weight is 914 g/mol. The molecule has 67 heavy (non-hydrogen) atoms. The predicted molar refractivity (Wildman–Crippen MR) is 257 cm³/mol. The number of aliphatic hydroxyl groups is 1. The molecule has 6 bridgehead atoms. The Morgan fingerprint density at radius 2 is 1.82 bits per heavy atom. The topological polar surface area (TPSA) is 150 Å². The van der Waals surface area contributed by atoms with E-state index in [2.05, 4.69) is 77.9 Å². The first-order chi connectivity index (χ1) is 31.9. The predicted octanol–water partition coefficient (Wildman–Crippen LogP) is 5.93. The largest absolute Gasteiger partial charge is 0.464 e. The fourth-order valence-electron chi connectivity index (χ4n) is 9.50. The standard InChI is InChI=1S/C53H67N7O7/c1-9-58-44-20-17-37-29-41(44)42(49(58)40-15-11-24-54-48(40)34(2)61)30-52(3,4)33-67-51(65)43-16-12-25-59(55-43)50(64)45(28-35-13-10-14-36(37)27-35)60(38-18-19-38)47(63)22-26-66-39-31-57(32-39)46(62)21-23-53(5,6)56(7)8/h10-11,13-15,17,20,24,27,29,34,38-39,43,45,55,61H,9,12,16,18-19,22,25-26,28,30-33H2,1-8H3/t34-,43-,45-/m0/s1. The number of hydrogen-bond acceptors (Lipinski definition) is 10. The Hall–Kier alpha value is -5.59. The van der Waals surface area contributed by atoms with Gasteiger partial charge in [0.25, 0.3) is 11.8 Å². The number of aliphatic hydroxyl groups excluding tert-OH is 1. The van der Waals surface area contributed by atoms with Crippen molar-refractivity contribution in [2.45, 2.75) is 129 Å². The molecule has 14 nitrogen and oxygen atoms in total. The summed E-state index contributed by atoms with van der Waals surface area (Å²) in [5, 5.41) is 13.5. The summed E-state index contributed by atoms with van der Waals surface area (Å²) in [6.45, 7) is 14.1. The van der Waals surface area contributed by atoms with Crippen LogP contribution in [0.15, 0.2) is 60.8 Å². The number of carbonyl (C=O) groups is 4. The summed E-state index contributed by atoms with van der Waals surface area (Å²) in [7, 11) is 3.85. The van der Waals surface area contributed by atoms with Crippen LogP contribution in [0.25, 0.3) is 33.3 Å². The van der Waals surface area contributed by atoms with Gasteiger partial charge in [0.15, 0.2) is 0 Å². The van der Waals surface area contributed by atoms with Crippen LogP contribution >= 0.6 is 0 Å². The summed E-state index contributed by atoms with van der Waals surface area (Å²) < 4.78 is 14.5. The Labute approximate surface area is 394 Å². The van der Waals surface area contributed by atoms with Gasteiger partial charge in [-0.05, 0) is 126 Å². The van der Waals surface area contributed by atoms with E-state index in [0.29, 0.717) is 51.1 Å². The number of benzene rings is 2. The highest BCUT2D eigenvalue weighted by molar-refractivity contribution is 5.96. The second kappa shape index (κ2) is 19.6. The Bertz CT molecular complexity index is 2580. The highest BCUT2D eigenvalue weighted by Gasteiger charge is 2.43. The van der Waals surface area contributed by atoms with Crippen molar-refractivity contribution in [3.8, 4) is 34.2 Å². The number of esters is 1. The number of likely N-dealkylation sites (tertiary alicyclic amines) is 1. The van der Waals surface area contributed by atoms with Gasteiger partial charge >= 0.3 is 5.97 Å². The van der Waals surface area contributed by atoms with Crippen LogP contribution in [-0.4, -0.2) is 135 Å². The van der Waals surface area contributed by atoms with Crippen molar-refractivity contribution in [2.24, 2.45) is 5.41 Å². The minimum atomic E-state index is -0.838. The molecule has 5 heterocycles. The molecule has 0 radical (unpaired) electrons. The maximum absolute atomic E-state index is 14.9. The third-order valence-corrected chi connectivity index (χ3v) is 13.9. The molecule has 8 rings (SSSR count). The number of hydrogen-bond donors (Lipinski definition) is 2. The molecule has 2 aromatic carbocycles. The number of ether oxygens (including phenoxy) is 2. The molecule has 3 amide bonds. The van der Waals surface area contributed by atoms with Crippen molar-refractivity contribution in [1.29, 1.82) is 0 Å². The summed E-state index contributed by atoms with van der Waals surface area (Å²) in [5.41, 5.74) is 9.74. The molecule has 1 aliphatic carbocycles. The van der Waals surface area contributed by atoms with Gasteiger partial charge in [-0.15, -0.1) is 0 Å². The molecule has 3 atom stereocenters. The molecule has 0 spiro atoms. The quantitative estimate of drug-likeness (QED) is 0.145. The number of rotatable bonds is 10. The van der Waals surface area contributed by atoms with Crippen molar-refractivity contribution in [3.63, 3.8) is 0 Å². The average Bonchev–Trinajstić information content (AvgIpc) is 4.09. The number of carbonyl (C=O) groups excluding carboxylic acids is 4. The third kappa shape index (κ3) is 10.5. The molecular weight excluding hydrogens is 847 g/mol. The van der Waals surface area contributed by atoms with Crippen LogP contribution in [0.3, 0.4) is 0 Å². The van der Waals surface area contributed by atoms with Gasteiger partial charge in [-0.3, -0.25) is 34.1 Å². The van der Waals surface area contributed by atoms with E-state index in [0.717, 1.165) is 57.3 Å². The molecule has 2 aromatic heterocycles. The molecule has 4 aromatic rings. The molecule has 3 aliphatic heterocycles. The van der Waals surface area contributed by atoms with Gasteiger partial charge in [0, 0.05) is 66.7 Å². The summed E-state index contributed by atoms with van der Waals surface area (Å²) in [4.78, 5) is 66.0. The Kier molecular flexibility index (Phi) is 14.0. The van der Waals surface area contributed by atoms with E-state index >= 15 is 0 Å². The van der Waals surface area contributed by atoms with Gasteiger partial charge in [0.05, 0.1) is 48.8 Å². The summed E-state index contributed by atoms with van der Waals surface area (Å²) >= 11 is 0. The Balaban J connectivity index is 1.10. The zero-order chi connectivity index (χ0) is 47.8. The fourth-order valence-corrected chi connectivity index (χ4v) is 9.50. The lowest BCUT2D eigenvalue weighted by Gasteiger charge is -2.39. The number of cyclic esters (lactones) is 1. The maximum Gasteiger partial charge on any atom is 0.324 e. The number of aromatic nitrogens is 2. The van der Waals surface area contributed by atoms with Crippen LogP contribution in [0.4, 0.5) is 0 Å². The molecule has 2 N–H and O–H groups in total. The molecule has 2 saturated heterocycles. The zero-order valence-electron chi connectivity index (χ0n) is 40.4. The van der Waals surface area contributed by atoms with Crippen molar-refractivity contribution < 1.29 is 33.8 Å². The van der Waals surface area contributed by atoms with Crippen LogP contribution in [0, 0.1) is 17.3 Å². The highest BCUT2D eigenvalue weighted by Crippen LogP contribution is 2.42. The number of fused-ring (bicyclic) bond motifs is 6.